The van der Waals surface area contributed by atoms with Crippen molar-refractivity contribution in [2.75, 3.05) is 0 Å². The SMILES string of the molecule is CC(=O)N/N=C/c1ccccc1Cl. The fourth-order valence-electron chi connectivity index (χ4n) is 0.773. The number of halogens is 1. The minimum Gasteiger partial charge on any atom is -0.274 e. The van der Waals surface area contributed by atoms with Crippen LogP contribution < -0.4 is 5.43 Å². The van der Waals surface area contributed by atoms with Crippen LogP contribution in [0.15, 0.2) is 29.4 Å². The van der Waals surface area contributed by atoms with E-state index >= 15 is 0 Å². The van der Waals surface area contributed by atoms with Gasteiger partial charge in [0, 0.05) is 17.5 Å². The highest BCUT2D eigenvalue weighted by atomic mass is 35.5. The third-order valence-electron chi connectivity index (χ3n) is 1.33. The zero-order chi connectivity index (χ0) is 9.68. The molecule has 0 saturated carbocycles. The monoisotopic (exact) mass is 196 g/mol. The van der Waals surface area contributed by atoms with Gasteiger partial charge in [-0.3, -0.25) is 4.79 Å². The Kier molecular flexibility index (Phi) is 3.46. The molecule has 68 valence electrons. The van der Waals surface area contributed by atoms with Gasteiger partial charge in [-0.25, -0.2) is 5.43 Å². The predicted molar refractivity (Wildman–Crippen MR) is 52.9 cm³/mol. The Balaban J connectivity index is 2.68. The van der Waals surface area contributed by atoms with Crippen molar-refractivity contribution in [3.05, 3.63) is 34.9 Å². The van der Waals surface area contributed by atoms with Crippen LogP contribution in [-0.2, 0) is 4.79 Å². The van der Waals surface area contributed by atoms with Crippen molar-refractivity contribution >= 4 is 23.7 Å². The largest absolute Gasteiger partial charge is 0.274 e. The van der Waals surface area contributed by atoms with Gasteiger partial charge in [0.1, 0.15) is 0 Å². The normalized spacial score (nSPS) is 10.3. The van der Waals surface area contributed by atoms with Gasteiger partial charge >= 0.3 is 0 Å². The summed E-state index contributed by atoms with van der Waals surface area (Å²) in [5.41, 5.74) is 3.07. The van der Waals surface area contributed by atoms with Crippen molar-refractivity contribution in [2.45, 2.75) is 6.92 Å². The third kappa shape index (κ3) is 3.25. The molecule has 1 N–H and O–H groups in total. The smallest absolute Gasteiger partial charge is 0.236 e. The number of benzene rings is 1. The number of hydrogen-bond acceptors (Lipinski definition) is 2. The van der Waals surface area contributed by atoms with Crippen molar-refractivity contribution in [2.24, 2.45) is 5.10 Å². The topological polar surface area (TPSA) is 41.5 Å². The van der Waals surface area contributed by atoms with Gasteiger partial charge in [0.2, 0.25) is 5.91 Å². The first-order valence-corrected chi connectivity index (χ1v) is 4.12. The third-order valence-corrected chi connectivity index (χ3v) is 1.68. The van der Waals surface area contributed by atoms with E-state index in [0.717, 1.165) is 5.56 Å². The summed E-state index contributed by atoms with van der Waals surface area (Å²) in [6, 6.07) is 7.25. The maximum absolute atomic E-state index is 10.5. The van der Waals surface area contributed by atoms with Gasteiger partial charge in [-0.15, -0.1) is 0 Å². The fourth-order valence-corrected chi connectivity index (χ4v) is 0.957. The molecule has 3 nitrogen and oxygen atoms in total. The quantitative estimate of drug-likeness (QED) is 0.569. The first-order chi connectivity index (χ1) is 6.20. The molecule has 0 bridgehead atoms. The van der Waals surface area contributed by atoms with Crippen LogP contribution in [0.3, 0.4) is 0 Å². The van der Waals surface area contributed by atoms with E-state index in [-0.39, 0.29) is 5.91 Å². The zero-order valence-electron chi connectivity index (χ0n) is 7.12. The molecule has 0 fully saturated rings. The molecule has 0 saturated heterocycles. The van der Waals surface area contributed by atoms with Gasteiger partial charge in [0.15, 0.2) is 0 Å². The summed E-state index contributed by atoms with van der Waals surface area (Å²) in [5.74, 6) is -0.205. The van der Waals surface area contributed by atoms with E-state index in [1.54, 1.807) is 6.07 Å². The second-order valence-electron chi connectivity index (χ2n) is 2.45. The molecule has 0 radical (unpaired) electrons. The molecular formula is C9H9ClN2O. The van der Waals surface area contributed by atoms with E-state index in [0.29, 0.717) is 5.02 Å². The fraction of sp³-hybridized carbons (Fsp3) is 0.111. The molecule has 0 heterocycles. The first-order valence-electron chi connectivity index (χ1n) is 3.74. The van der Waals surface area contributed by atoms with Crippen molar-refractivity contribution in [3.63, 3.8) is 0 Å². The zero-order valence-corrected chi connectivity index (χ0v) is 7.88. The summed E-state index contributed by atoms with van der Waals surface area (Å²) in [6.45, 7) is 1.39. The summed E-state index contributed by atoms with van der Waals surface area (Å²) < 4.78 is 0. The average Bonchev–Trinajstić information content (AvgIpc) is 2.08. The highest BCUT2D eigenvalue weighted by Gasteiger charge is 1.93. The predicted octanol–water partition coefficient (Wildman–Crippen LogP) is 1.81. The van der Waals surface area contributed by atoms with Crippen LogP contribution >= 0.6 is 11.6 Å². The van der Waals surface area contributed by atoms with E-state index in [2.05, 4.69) is 10.5 Å². The minimum absolute atomic E-state index is 0.205. The summed E-state index contributed by atoms with van der Waals surface area (Å²) in [5, 5.41) is 4.30. The van der Waals surface area contributed by atoms with Gasteiger partial charge in [-0.05, 0) is 6.07 Å². The number of carbonyl (C=O) groups is 1. The Labute approximate surface area is 81.4 Å². The number of hydrogen-bond donors (Lipinski definition) is 1. The van der Waals surface area contributed by atoms with Crippen LogP contribution in [0.25, 0.3) is 0 Å². The van der Waals surface area contributed by atoms with E-state index in [1.165, 1.54) is 13.1 Å². The van der Waals surface area contributed by atoms with Crippen LogP contribution in [0.1, 0.15) is 12.5 Å². The van der Waals surface area contributed by atoms with Gasteiger partial charge in [0.05, 0.1) is 6.21 Å². The molecule has 0 aliphatic carbocycles. The second kappa shape index (κ2) is 4.62. The molecule has 4 heteroatoms. The highest BCUT2D eigenvalue weighted by Crippen LogP contribution is 2.11. The van der Waals surface area contributed by atoms with Gasteiger partial charge in [-0.2, -0.15) is 5.10 Å². The number of carbonyl (C=O) groups excluding carboxylic acids is 1. The Morgan fingerprint density at radius 2 is 2.23 bits per heavy atom. The van der Waals surface area contributed by atoms with E-state index in [1.807, 2.05) is 18.2 Å². The Morgan fingerprint density at radius 3 is 2.85 bits per heavy atom. The van der Waals surface area contributed by atoms with Gasteiger partial charge in [0.25, 0.3) is 0 Å². The van der Waals surface area contributed by atoms with Gasteiger partial charge in [-0.1, -0.05) is 29.8 Å². The number of amides is 1. The lowest BCUT2D eigenvalue weighted by Gasteiger charge is -1.95. The van der Waals surface area contributed by atoms with E-state index in [9.17, 15) is 4.79 Å². The van der Waals surface area contributed by atoms with E-state index in [4.69, 9.17) is 11.6 Å². The van der Waals surface area contributed by atoms with Crippen LogP contribution in [0.4, 0.5) is 0 Å². The van der Waals surface area contributed by atoms with Gasteiger partial charge < -0.3 is 0 Å². The van der Waals surface area contributed by atoms with Crippen LogP contribution in [-0.4, -0.2) is 12.1 Å². The molecule has 1 aromatic rings. The Morgan fingerprint density at radius 1 is 1.54 bits per heavy atom. The lowest BCUT2D eigenvalue weighted by molar-refractivity contribution is -0.118. The maximum Gasteiger partial charge on any atom is 0.236 e. The molecule has 1 rings (SSSR count). The molecule has 0 aliphatic heterocycles. The average molecular weight is 197 g/mol. The Bertz CT molecular complexity index is 336. The summed E-state index contributed by atoms with van der Waals surface area (Å²) >= 11 is 5.84. The van der Waals surface area contributed by atoms with Crippen LogP contribution in [0.2, 0.25) is 5.02 Å². The summed E-state index contributed by atoms with van der Waals surface area (Å²) in [6.07, 6.45) is 1.50. The number of nitrogens with zero attached hydrogens (tertiary/aromatic N) is 1. The van der Waals surface area contributed by atoms with Crippen LogP contribution in [0, 0.1) is 0 Å². The standard InChI is InChI=1S/C9H9ClN2O/c1-7(13)12-11-6-8-4-2-3-5-9(8)10/h2-6H,1H3,(H,12,13)/b11-6+. The highest BCUT2D eigenvalue weighted by molar-refractivity contribution is 6.33. The molecule has 0 unspecified atom stereocenters. The number of nitrogens with one attached hydrogen (secondary N) is 1. The minimum atomic E-state index is -0.205. The molecular weight excluding hydrogens is 188 g/mol. The number of hydrazone groups is 1. The lowest BCUT2D eigenvalue weighted by Crippen LogP contribution is -2.12. The summed E-state index contributed by atoms with van der Waals surface area (Å²) in [7, 11) is 0. The van der Waals surface area contributed by atoms with Crippen LogP contribution in [0.5, 0.6) is 0 Å². The van der Waals surface area contributed by atoms with E-state index < -0.39 is 0 Å². The van der Waals surface area contributed by atoms with Crippen molar-refractivity contribution < 1.29 is 4.79 Å². The second-order valence-corrected chi connectivity index (χ2v) is 2.85. The first kappa shape index (κ1) is 9.74. The Hall–Kier alpha value is -1.35. The van der Waals surface area contributed by atoms with Crippen molar-refractivity contribution in [1.29, 1.82) is 0 Å². The molecule has 0 aliphatic rings. The molecule has 13 heavy (non-hydrogen) atoms. The molecule has 0 spiro atoms. The maximum atomic E-state index is 10.5. The molecule has 0 atom stereocenters. The number of rotatable bonds is 2. The summed E-state index contributed by atoms with van der Waals surface area (Å²) in [4.78, 5) is 10.5. The van der Waals surface area contributed by atoms with Crippen molar-refractivity contribution in [3.8, 4) is 0 Å². The molecule has 0 aromatic heterocycles. The molecule has 1 aromatic carbocycles. The van der Waals surface area contributed by atoms with Crippen molar-refractivity contribution in [1.82, 2.24) is 5.43 Å². The lowest BCUT2D eigenvalue weighted by atomic mass is 10.2. The molecule has 1 amide bonds.